The minimum absolute atomic E-state index is 0.155. The summed E-state index contributed by atoms with van der Waals surface area (Å²) < 4.78 is 38.1. The molecule has 0 radical (unpaired) electrons. The van der Waals surface area contributed by atoms with Crippen LogP contribution in [0.3, 0.4) is 0 Å². The highest BCUT2D eigenvalue weighted by molar-refractivity contribution is 5.68. The van der Waals surface area contributed by atoms with E-state index in [0.29, 0.717) is 0 Å². The number of hydrogen-bond acceptors (Lipinski definition) is 6. The van der Waals surface area contributed by atoms with Crippen molar-refractivity contribution in [2.75, 3.05) is 11.1 Å². The van der Waals surface area contributed by atoms with E-state index in [0.717, 1.165) is 6.33 Å². The SMILES string of the molecule is Nc1ncnc(NC2(C(F)(F)F)CC2)c1[N+](=O)[O-]. The zero-order valence-corrected chi connectivity index (χ0v) is 8.86. The Morgan fingerprint density at radius 2 is 2.06 bits per heavy atom. The molecule has 1 aliphatic carbocycles. The average Bonchev–Trinajstić information content (AvgIpc) is 2.97. The van der Waals surface area contributed by atoms with Crippen LogP contribution in [-0.4, -0.2) is 26.6 Å². The van der Waals surface area contributed by atoms with Crippen LogP contribution < -0.4 is 11.1 Å². The molecule has 3 N–H and O–H groups in total. The molecule has 0 saturated heterocycles. The highest BCUT2D eigenvalue weighted by Crippen LogP contribution is 2.51. The van der Waals surface area contributed by atoms with Gasteiger partial charge in [0.2, 0.25) is 11.6 Å². The molecule has 1 aromatic rings. The van der Waals surface area contributed by atoms with E-state index in [-0.39, 0.29) is 12.8 Å². The van der Waals surface area contributed by atoms with Crippen LogP contribution in [0.2, 0.25) is 0 Å². The van der Waals surface area contributed by atoms with E-state index in [1.165, 1.54) is 0 Å². The van der Waals surface area contributed by atoms with Crippen molar-refractivity contribution < 1.29 is 18.1 Å². The number of anilines is 2. The summed E-state index contributed by atoms with van der Waals surface area (Å²) in [6.07, 6.45) is -3.94. The number of alkyl halides is 3. The molecule has 1 heterocycles. The van der Waals surface area contributed by atoms with E-state index in [1.54, 1.807) is 0 Å². The Labute approximate surface area is 98.4 Å². The first-order valence-electron chi connectivity index (χ1n) is 4.87. The van der Waals surface area contributed by atoms with Gasteiger partial charge < -0.3 is 11.1 Å². The lowest BCUT2D eigenvalue weighted by molar-refractivity contribution is -0.383. The van der Waals surface area contributed by atoms with Crippen LogP contribution >= 0.6 is 0 Å². The fourth-order valence-corrected chi connectivity index (χ4v) is 1.49. The molecule has 0 bridgehead atoms. The summed E-state index contributed by atoms with van der Waals surface area (Å²) in [4.78, 5) is 16.6. The minimum atomic E-state index is -4.50. The Morgan fingerprint density at radius 1 is 1.44 bits per heavy atom. The average molecular weight is 263 g/mol. The van der Waals surface area contributed by atoms with E-state index in [2.05, 4.69) is 15.3 Å². The van der Waals surface area contributed by atoms with Crippen molar-refractivity contribution in [3.8, 4) is 0 Å². The molecule has 0 amide bonds. The lowest BCUT2D eigenvalue weighted by Gasteiger charge is -2.20. The Kier molecular flexibility index (Phi) is 2.52. The molecule has 7 nitrogen and oxygen atoms in total. The van der Waals surface area contributed by atoms with Crippen LogP contribution in [0.25, 0.3) is 0 Å². The van der Waals surface area contributed by atoms with Crippen molar-refractivity contribution in [1.29, 1.82) is 0 Å². The van der Waals surface area contributed by atoms with Gasteiger partial charge in [-0.15, -0.1) is 0 Å². The smallest absolute Gasteiger partial charge is 0.378 e. The third-order valence-electron chi connectivity index (χ3n) is 2.68. The molecule has 0 atom stereocenters. The second kappa shape index (κ2) is 3.68. The number of nitro groups is 1. The van der Waals surface area contributed by atoms with Crippen molar-refractivity contribution in [1.82, 2.24) is 9.97 Å². The second-order valence-corrected chi connectivity index (χ2v) is 3.92. The van der Waals surface area contributed by atoms with Crippen molar-refractivity contribution in [3.63, 3.8) is 0 Å². The topological polar surface area (TPSA) is 107 Å². The fourth-order valence-electron chi connectivity index (χ4n) is 1.49. The summed E-state index contributed by atoms with van der Waals surface area (Å²) in [5, 5.41) is 12.8. The number of nitrogens with one attached hydrogen (secondary N) is 1. The zero-order valence-electron chi connectivity index (χ0n) is 8.86. The first-order valence-corrected chi connectivity index (χ1v) is 4.87. The van der Waals surface area contributed by atoms with Gasteiger partial charge in [-0.05, 0) is 12.8 Å². The number of nitrogen functional groups attached to an aromatic ring is 1. The number of halogens is 3. The van der Waals surface area contributed by atoms with Crippen LogP contribution in [0.1, 0.15) is 12.8 Å². The summed E-state index contributed by atoms with van der Waals surface area (Å²) in [5.74, 6) is -0.988. The molecular weight excluding hydrogens is 255 g/mol. The Morgan fingerprint density at radius 3 is 2.50 bits per heavy atom. The molecule has 0 spiro atoms. The maximum atomic E-state index is 12.7. The minimum Gasteiger partial charge on any atom is -0.378 e. The van der Waals surface area contributed by atoms with Crippen molar-refractivity contribution in [3.05, 3.63) is 16.4 Å². The van der Waals surface area contributed by atoms with Crippen LogP contribution in [0, 0.1) is 10.1 Å². The van der Waals surface area contributed by atoms with Gasteiger partial charge in [0.05, 0.1) is 4.92 Å². The van der Waals surface area contributed by atoms with E-state index in [9.17, 15) is 23.3 Å². The summed E-state index contributed by atoms with van der Waals surface area (Å²) in [6.45, 7) is 0. The van der Waals surface area contributed by atoms with Gasteiger partial charge in [-0.1, -0.05) is 0 Å². The molecule has 0 unspecified atom stereocenters. The van der Waals surface area contributed by atoms with Crippen LogP contribution in [0.5, 0.6) is 0 Å². The number of nitrogens with two attached hydrogens (primary N) is 1. The number of rotatable bonds is 3. The van der Waals surface area contributed by atoms with E-state index in [1.807, 2.05) is 0 Å². The number of aromatic nitrogens is 2. The lowest BCUT2D eigenvalue weighted by atomic mass is 10.2. The third kappa shape index (κ3) is 1.89. The second-order valence-electron chi connectivity index (χ2n) is 3.92. The normalized spacial score (nSPS) is 17.3. The molecule has 1 saturated carbocycles. The Hall–Kier alpha value is -2.13. The quantitative estimate of drug-likeness (QED) is 0.631. The molecule has 2 rings (SSSR count). The van der Waals surface area contributed by atoms with E-state index >= 15 is 0 Å². The van der Waals surface area contributed by atoms with Gasteiger partial charge in [0.25, 0.3) is 0 Å². The van der Waals surface area contributed by atoms with Crippen molar-refractivity contribution in [2.24, 2.45) is 0 Å². The Balaban J connectivity index is 2.36. The van der Waals surface area contributed by atoms with Gasteiger partial charge in [-0.25, -0.2) is 9.97 Å². The molecule has 1 aliphatic rings. The zero-order chi connectivity index (χ0) is 13.6. The van der Waals surface area contributed by atoms with E-state index in [4.69, 9.17) is 5.73 Å². The molecule has 0 aromatic carbocycles. The van der Waals surface area contributed by atoms with Gasteiger partial charge in [-0.2, -0.15) is 13.2 Å². The highest BCUT2D eigenvalue weighted by atomic mass is 19.4. The summed E-state index contributed by atoms with van der Waals surface area (Å²) in [6, 6.07) is 0. The van der Waals surface area contributed by atoms with Crippen LogP contribution in [-0.2, 0) is 0 Å². The summed E-state index contributed by atoms with van der Waals surface area (Å²) in [5.41, 5.74) is 2.37. The first-order chi connectivity index (χ1) is 8.27. The maximum Gasteiger partial charge on any atom is 0.411 e. The van der Waals surface area contributed by atoms with Gasteiger partial charge in [0.1, 0.15) is 11.9 Å². The predicted octanol–water partition coefficient (Wildman–Crippen LogP) is 1.47. The standard InChI is InChI=1S/C8H8F3N5O2/c9-8(10,11)7(1-2-7)15-6-4(16(17)18)5(12)13-3-14-6/h3H,1-2H2,(H3,12,13,14,15). The molecule has 1 fully saturated rings. The van der Waals surface area contributed by atoms with Gasteiger partial charge >= 0.3 is 11.9 Å². The van der Waals surface area contributed by atoms with Crippen LogP contribution in [0.15, 0.2) is 6.33 Å². The van der Waals surface area contributed by atoms with E-state index < -0.39 is 34.0 Å². The van der Waals surface area contributed by atoms with Crippen LogP contribution in [0.4, 0.5) is 30.5 Å². The predicted molar refractivity (Wildman–Crippen MR) is 54.7 cm³/mol. The third-order valence-corrected chi connectivity index (χ3v) is 2.68. The Bertz CT molecular complexity index is 500. The highest BCUT2D eigenvalue weighted by Gasteiger charge is 2.64. The molecule has 10 heteroatoms. The molecular formula is C8H8F3N5O2. The molecule has 98 valence electrons. The van der Waals surface area contributed by atoms with Gasteiger partial charge in [-0.3, -0.25) is 10.1 Å². The van der Waals surface area contributed by atoms with Gasteiger partial charge in [0, 0.05) is 0 Å². The fraction of sp³-hybridized carbons (Fsp3) is 0.500. The molecule has 18 heavy (non-hydrogen) atoms. The largest absolute Gasteiger partial charge is 0.411 e. The monoisotopic (exact) mass is 263 g/mol. The number of hydrogen-bond donors (Lipinski definition) is 2. The van der Waals surface area contributed by atoms with Crippen molar-refractivity contribution >= 4 is 17.3 Å². The maximum absolute atomic E-state index is 12.7. The number of nitrogens with zero attached hydrogens (tertiary/aromatic N) is 3. The van der Waals surface area contributed by atoms with Gasteiger partial charge in [0.15, 0.2) is 0 Å². The lowest BCUT2D eigenvalue weighted by Crippen LogP contribution is -2.39. The van der Waals surface area contributed by atoms with Crippen molar-refractivity contribution in [2.45, 2.75) is 24.6 Å². The first kappa shape index (κ1) is 12.3. The summed E-state index contributed by atoms with van der Waals surface area (Å²) >= 11 is 0. The molecule has 0 aliphatic heterocycles. The summed E-state index contributed by atoms with van der Waals surface area (Å²) in [7, 11) is 0. The molecule has 1 aromatic heterocycles.